The van der Waals surface area contributed by atoms with Crippen molar-refractivity contribution >= 4 is 5.96 Å². The van der Waals surface area contributed by atoms with Gasteiger partial charge in [0, 0.05) is 19.1 Å². The highest BCUT2D eigenvalue weighted by Crippen LogP contribution is 2.27. The van der Waals surface area contributed by atoms with Crippen molar-refractivity contribution in [2.75, 3.05) is 54.5 Å². The van der Waals surface area contributed by atoms with Gasteiger partial charge in [0.1, 0.15) is 0 Å². The molecule has 0 spiro atoms. The highest BCUT2D eigenvalue weighted by Gasteiger charge is 2.19. The van der Waals surface area contributed by atoms with Crippen molar-refractivity contribution in [2.24, 2.45) is 10.7 Å². The number of ether oxygens (including phenoxy) is 2. The van der Waals surface area contributed by atoms with E-state index in [4.69, 9.17) is 15.2 Å². The quantitative estimate of drug-likeness (QED) is 0.533. The number of nitrogens with two attached hydrogens (primary N) is 1. The van der Waals surface area contributed by atoms with Gasteiger partial charge >= 0.3 is 0 Å². The van der Waals surface area contributed by atoms with Crippen molar-refractivity contribution in [3.63, 3.8) is 0 Å². The molecule has 1 aliphatic rings. The molecule has 1 heterocycles. The topological polar surface area (TPSA) is 75.4 Å². The number of guanidine groups is 1. The summed E-state index contributed by atoms with van der Waals surface area (Å²) in [6, 6.07) is 6.48. The SMILES string of the molecule is COc1ccc(CN=C(N)NCCN2CCC(N(C)C)CC2)cc1OC. The van der Waals surface area contributed by atoms with Crippen LogP contribution in [0.5, 0.6) is 11.5 Å². The molecule has 3 N–H and O–H groups in total. The molecule has 0 saturated carbocycles. The van der Waals surface area contributed by atoms with Gasteiger partial charge in [-0.2, -0.15) is 0 Å². The smallest absolute Gasteiger partial charge is 0.188 e. The lowest BCUT2D eigenvalue weighted by Crippen LogP contribution is -2.45. The first-order valence-corrected chi connectivity index (χ1v) is 9.17. The summed E-state index contributed by atoms with van der Waals surface area (Å²) in [5, 5.41) is 3.21. The molecule has 1 aromatic carbocycles. The van der Waals surface area contributed by atoms with Gasteiger partial charge in [-0.15, -0.1) is 0 Å². The summed E-state index contributed by atoms with van der Waals surface area (Å²) in [5.74, 6) is 1.89. The lowest BCUT2D eigenvalue weighted by atomic mass is 10.0. The van der Waals surface area contributed by atoms with Gasteiger partial charge in [0.25, 0.3) is 0 Å². The first kappa shape index (κ1) is 20.3. The van der Waals surface area contributed by atoms with E-state index in [1.165, 1.54) is 12.8 Å². The Labute approximate surface area is 157 Å². The fourth-order valence-electron chi connectivity index (χ4n) is 3.21. The van der Waals surface area contributed by atoms with Crippen LogP contribution in [0.25, 0.3) is 0 Å². The summed E-state index contributed by atoms with van der Waals surface area (Å²) in [6.07, 6.45) is 2.46. The molecule has 0 aromatic heterocycles. The molecule has 1 fully saturated rings. The van der Waals surface area contributed by atoms with Crippen LogP contribution < -0.4 is 20.5 Å². The number of likely N-dealkylation sites (tertiary alicyclic amines) is 1. The predicted molar refractivity (Wildman–Crippen MR) is 106 cm³/mol. The molecule has 0 atom stereocenters. The Morgan fingerprint density at radius 3 is 2.54 bits per heavy atom. The minimum absolute atomic E-state index is 0.475. The zero-order chi connectivity index (χ0) is 18.9. The van der Waals surface area contributed by atoms with Crippen LogP contribution in [0.15, 0.2) is 23.2 Å². The van der Waals surface area contributed by atoms with E-state index < -0.39 is 0 Å². The molecule has 0 aliphatic carbocycles. The molecule has 0 bridgehead atoms. The van der Waals surface area contributed by atoms with Crippen LogP contribution in [0.3, 0.4) is 0 Å². The highest BCUT2D eigenvalue weighted by atomic mass is 16.5. The molecule has 0 amide bonds. The van der Waals surface area contributed by atoms with Gasteiger partial charge in [-0.25, -0.2) is 4.99 Å². The molecule has 2 rings (SSSR count). The molecule has 7 heteroatoms. The van der Waals surface area contributed by atoms with Crippen molar-refractivity contribution in [3.05, 3.63) is 23.8 Å². The van der Waals surface area contributed by atoms with Gasteiger partial charge in [-0.05, 0) is 57.7 Å². The predicted octanol–water partition coefficient (Wildman–Crippen LogP) is 1.13. The maximum Gasteiger partial charge on any atom is 0.188 e. The van der Waals surface area contributed by atoms with Gasteiger partial charge in [-0.3, -0.25) is 0 Å². The summed E-state index contributed by atoms with van der Waals surface area (Å²) >= 11 is 0. The first-order valence-electron chi connectivity index (χ1n) is 9.17. The third-order valence-electron chi connectivity index (χ3n) is 4.90. The Bertz CT molecular complexity index is 583. The number of benzene rings is 1. The summed E-state index contributed by atoms with van der Waals surface area (Å²) in [7, 11) is 7.58. The number of aliphatic imine (C=N–C) groups is 1. The number of nitrogens with one attached hydrogen (secondary N) is 1. The highest BCUT2D eigenvalue weighted by molar-refractivity contribution is 5.77. The van der Waals surface area contributed by atoms with Crippen LogP contribution in [0.1, 0.15) is 18.4 Å². The average Bonchev–Trinajstić information content (AvgIpc) is 2.66. The summed E-state index contributed by atoms with van der Waals surface area (Å²) in [6.45, 7) is 4.61. The van der Waals surface area contributed by atoms with Gasteiger partial charge < -0.3 is 30.3 Å². The van der Waals surface area contributed by atoms with Crippen molar-refractivity contribution < 1.29 is 9.47 Å². The number of rotatable bonds is 8. The van der Waals surface area contributed by atoms with E-state index >= 15 is 0 Å². The number of methoxy groups -OCH3 is 2. The first-order chi connectivity index (χ1) is 12.5. The molecule has 7 nitrogen and oxygen atoms in total. The second-order valence-electron chi connectivity index (χ2n) is 6.85. The fourth-order valence-corrected chi connectivity index (χ4v) is 3.21. The van der Waals surface area contributed by atoms with E-state index in [0.29, 0.717) is 30.0 Å². The number of nitrogens with zero attached hydrogens (tertiary/aromatic N) is 3. The zero-order valence-corrected chi connectivity index (χ0v) is 16.5. The molecular formula is C19H33N5O2. The van der Waals surface area contributed by atoms with Gasteiger partial charge in [0.2, 0.25) is 0 Å². The van der Waals surface area contributed by atoms with E-state index in [-0.39, 0.29) is 0 Å². The minimum atomic E-state index is 0.475. The largest absolute Gasteiger partial charge is 0.493 e. The lowest BCUT2D eigenvalue weighted by molar-refractivity contribution is 0.147. The molecule has 1 saturated heterocycles. The Balaban J connectivity index is 1.72. The van der Waals surface area contributed by atoms with Crippen LogP contribution in [0.2, 0.25) is 0 Å². The molecule has 1 aliphatic heterocycles. The fraction of sp³-hybridized carbons (Fsp3) is 0.632. The monoisotopic (exact) mass is 363 g/mol. The molecule has 0 unspecified atom stereocenters. The normalized spacial score (nSPS) is 16.7. The van der Waals surface area contributed by atoms with Gasteiger partial charge in [0.15, 0.2) is 17.5 Å². The van der Waals surface area contributed by atoms with E-state index in [1.807, 2.05) is 18.2 Å². The van der Waals surface area contributed by atoms with Crippen LogP contribution >= 0.6 is 0 Å². The van der Waals surface area contributed by atoms with Crippen molar-refractivity contribution in [1.29, 1.82) is 0 Å². The Morgan fingerprint density at radius 1 is 1.23 bits per heavy atom. The standard InChI is InChI=1S/C19H33N5O2/c1-23(2)16-7-10-24(11-8-16)12-9-21-19(20)22-14-15-5-6-17(25-3)18(13-15)26-4/h5-6,13,16H,7-12,14H2,1-4H3,(H3,20,21,22). The average molecular weight is 364 g/mol. The molecule has 0 radical (unpaired) electrons. The van der Waals surface area contributed by atoms with E-state index in [0.717, 1.165) is 31.7 Å². The van der Waals surface area contributed by atoms with Gasteiger partial charge in [0.05, 0.1) is 20.8 Å². The summed E-state index contributed by atoms with van der Waals surface area (Å²) in [5.41, 5.74) is 7.01. The Morgan fingerprint density at radius 2 is 1.92 bits per heavy atom. The number of hydrogen-bond donors (Lipinski definition) is 2. The second kappa shape index (κ2) is 10.2. The van der Waals surface area contributed by atoms with Crippen molar-refractivity contribution in [1.82, 2.24) is 15.1 Å². The third kappa shape index (κ3) is 6.07. The maximum absolute atomic E-state index is 5.98. The third-order valence-corrected chi connectivity index (χ3v) is 4.90. The number of hydrogen-bond acceptors (Lipinski definition) is 5. The van der Waals surface area contributed by atoms with Crippen molar-refractivity contribution in [3.8, 4) is 11.5 Å². The van der Waals surface area contributed by atoms with Crippen LogP contribution in [-0.4, -0.2) is 76.3 Å². The minimum Gasteiger partial charge on any atom is -0.493 e. The lowest BCUT2D eigenvalue weighted by Gasteiger charge is -2.35. The van der Waals surface area contributed by atoms with E-state index in [9.17, 15) is 0 Å². The molecular weight excluding hydrogens is 330 g/mol. The summed E-state index contributed by atoms with van der Waals surface area (Å²) < 4.78 is 10.6. The van der Waals surface area contributed by atoms with Gasteiger partial charge in [-0.1, -0.05) is 6.07 Å². The zero-order valence-electron chi connectivity index (χ0n) is 16.5. The Kier molecular flexibility index (Phi) is 8.00. The summed E-state index contributed by atoms with van der Waals surface area (Å²) in [4.78, 5) is 9.21. The molecule has 146 valence electrons. The van der Waals surface area contributed by atoms with E-state index in [1.54, 1.807) is 14.2 Å². The molecule has 26 heavy (non-hydrogen) atoms. The van der Waals surface area contributed by atoms with E-state index in [2.05, 4.69) is 34.2 Å². The maximum atomic E-state index is 5.98. The number of piperidine rings is 1. The van der Waals surface area contributed by atoms with Crippen LogP contribution in [0, 0.1) is 0 Å². The Hall–Kier alpha value is -1.99. The van der Waals surface area contributed by atoms with Crippen LogP contribution in [-0.2, 0) is 6.54 Å². The van der Waals surface area contributed by atoms with Crippen LogP contribution in [0.4, 0.5) is 0 Å². The second-order valence-corrected chi connectivity index (χ2v) is 6.85. The van der Waals surface area contributed by atoms with Crippen molar-refractivity contribution in [2.45, 2.75) is 25.4 Å². The molecule has 1 aromatic rings.